The molecule has 0 amide bonds. The number of ether oxygens (including phenoxy) is 4. The Bertz CT molecular complexity index is 871. The van der Waals surface area contributed by atoms with Crippen molar-refractivity contribution >= 4 is 19.4 Å². The van der Waals surface area contributed by atoms with Crippen LogP contribution < -0.4 is 16.4 Å². The minimum atomic E-state index is -2.66. The van der Waals surface area contributed by atoms with Crippen molar-refractivity contribution in [2.45, 2.75) is 76.7 Å². The Morgan fingerprint density at radius 3 is 1.81 bits per heavy atom. The van der Waals surface area contributed by atoms with Gasteiger partial charge in [0.25, 0.3) is 0 Å². The molecule has 346 valence electrons. The Hall–Kier alpha value is -0.113. The van der Waals surface area contributed by atoms with Crippen LogP contribution in [0.2, 0.25) is 6.04 Å². The van der Waals surface area contributed by atoms with Gasteiger partial charge in [0.05, 0.1) is 52.4 Å². The Labute approximate surface area is 349 Å². The van der Waals surface area contributed by atoms with Crippen molar-refractivity contribution in [1.29, 1.82) is 0 Å². The Balaban J connectivity index is 4.86. The fourth-order valence-corrected chi connectivity index (χ4v) is 9.61. The first-order valence-corrected chi connectivity index (χ1v) is 24.7. The number of nitrogens with zero attached hydrogens (tertiary/aromatic N) is 2. The zero-order valence-corrected chi connectivity index (χ0v) is 38.9. The number of aliphatic hydroxyl groups excluding tert-OH is 3. The van der Waals surface area contributed by atoms with E-state index in [1.165, 1.54) is 12.8 Å². The standard InChI is InChI=1S/C38H87N5O12SSi/c1-9-11-14-35(10-2)30-55-33-38(46)28-42(19-15-39)21-22-43(29-37(45)32-54-24-13-26-57(50-6,51-7)52-8)20-18-40-16-17-41-27-36(44)31-53-23-12-25-56(48-4,49-5)34-47-3/h35-38,40-41,44-46H,9-34,39H2,1-8H3. The predicted octanol–water partition coefficient (Wildman–Crippen LogP) is 1.27. The van der Waals surface area contributed by atoms with Gasteiger partial charge in [-0.2, -0.15) is 10.6 Å². The monoisotopic (exact) mass is 866 g/mol. The number of rotatable bonds is 44. The minimum absolute atomic E-state index is 0.205. The predicted molar refractivity (Wildman–Crippen MR) is 231 cm³/mol. The van der Waals surface area contributed by atoms with Gasteiger partial charge in [0, 0.05) is 132 Å². The molecule has 0 aliphatic rings. The highest BCUT2D eigenvalue weighted by atomic mass is 32.3. The van der Waals surface area contributed by atoms with E-state index in [2.05, 4.69) is 34.3 Å². The van der Waals surface area contributed by atoms with E-state index in [0.29, 0.717) is 128 Å². The topological polar surface area (TPSA) is 200 Å². The molecule has 7 N–H and O–H groups in total. The lowest BCUT2D eigenvalue weighted by Gasteiger charge is -2.39. The lowest BCUT2D eigenvalue weighted by atomic mass is 10.0. The molecule has 0 aliphatic carbocycles. The van der Waals surface area contributed by atoms with Gasteiger partial charge in [0.15, 0.2) is 0 Å². The van der Waals surface area contributed by atoms with Crippen LogP contribution in [0, 0.1) is 5.92 Å². The van der Waals surface area contributed by atoms with Gasteiger partial charge in [0.1, 0.15) is 5.94 Å². The molecule has 0 aromatic heterocycles. The van der Waals surface area contributed by atoms with Crippen LogP contribution in [0.4, 0.5) is 0 Å². The number of unbranched alkanes of at least 4 members (excludes halogenated alkanes) is 1. The van der Waals surface area contributed by atoms with Crippen LogP contribution in [-0.4, -0.2) is 218 Å². The average Bonchev–Trinajstić information content (AvgIpc) is 3.21. The second-order valence-corrected chi connectivity index (χ2v) is 20.2. The van der Waals surface area contributed by atoms with Crippen molar-refractivity contribution in [3.63, 3.8) is 0 Å². The van der Waals surface area contributed by atoms with Crippen molar-refractivity contribution in [1.82, 2.24) is 20.4 Å². The van der Waals surface area contributed by atoms with E-state index in [1.54, 1.807) is 42.7 Å². The molecule has 0 saturated heterocycles. The van der Waals surface area contributed by atoms with E-state index in [1.807, 2.05) is 0 Å². The molecule has 0 radical (unpaired) electrons. The first kappa shape index (κ1) is 56.9. The first-order chi connectivity index (χ1) is 27.5. The summed E-state index contributed by atoms with van der Waals surface area (Å²) in [5.74, 6) is 1.63. The molecule has 0 aliphatic heterocycles. The number of hydrogen-bond donors (Lipinski definition) is 6. The molecular weight excluding hydrogens is 779 g/mol. The summed E-state index contributed by atoms with van der Waals surface area (Å²) in [6, 6.07) is 0.624. The summed E-state index contributed by atoms with van der Waals surface area (Å²) in [6.07, 6.45) is 4.13. The highest BCUT2D eigenvalue weighted by Gasteiger charge is 2.36. The molecule has 0 saturated carbocycles. The lowest BCUT2D eigenvalue weighted by molar-refractivity contribution is -0.00121. The van der Waals surface area contributed by atoms with Gasteiger partial charge in [0.2, 0.25) is 0 Å². The largest absolute Gasteiger partial charge is 0.500 e. The molecule has 17 nitrogen and oxygen atoms in total. The Morgan fingerprint density at radius 2 is 1.25 bits per heavy atom. The molecule has 0 bridgehead atoms. The lowest BCUT2D eigenvalue weighted by Crippen LogP contribution is -2.46. The van der Waals surface area contributed by atoms with E-state index in [-0.39, 0.29) is 13.2 Å². The highest BCUT2D eigenvalue weighted by molar-refractivity contribution is 8.25. The molecule has 0 heterocycles. The van der Waals surface area contributed by atoms with Crippen molar-refractivity contribution in [3.8, 4) is 0 Å². The zero-order chi connectivity index (χ0) is 42.6. The number of aliphatic hydroxyl groups is 3. The molecule has 0 rings (SSSR count). The first-order valence-electron chi connectivity index (χ1n) is 20.9. The maximum Gasteiger partial charge on any atom is 0.500 e. The molecule has 0 aromatic carbocycles. The second-order valence-electron chi connectivity index (χ2n) is 14.3. The van der Waals surface area contributed by atoms with Crippen LogP contribution in [-0.2, 0) is 40.6 Å². The molecule has 4 unspecified atom stereocenters. The van der Waals surface area contributed by atoms with Crippen LogP contribution >= 0.6 is 10.6 Å². The van der Waals surface area contributed by atoms with Crippen molar-refractivity contribution in [3.05, 3.63) is 0 Å². The fourth-order valence-electron chi connectivity index (χ4n) is 6.23. The molecular formula is C38H87N5O12SSi. The third-order valence-corrected chi connectivity index (χ3v) is 15.3. The van der Waals surface area contributed by atoms with Gasteiger partial charge in [-0.3, -0.25) is 18.2 Å². The molecule has 4 atom stereocenters. The van der Waals surface area contributed by atoms with Gasteiger partial charge in [-0.15, -0.1) is 0 Å². The number of nitrogens with one attached hydrogen (secondary N) is 2. The summed E-state index contributed by atoms with van der Waals surface area (Å²) in [6.45, 7) is 13.4. The summed E-state index contributed by atoms with van der Waals surface area (Å²) < 4.78 is 50.2. The van der Waals surface area contributed by atoms with Gasteiger partial charge in [-0.1, -0.05) is 33.1 Å². The van der Waals surface area contributed by atoms with Crippen LogP contribution in [0.1, 0.15) is 52.4 Å². The van der Waals surface area contributed by atoms with Crippen molar-refractivity contribution in [2.24, 2.45) is 11.7 Å². The fraction of sp³-hybridized carbons (Fsp3) is 1.00. The van der Waals surface area contributed by atoms with E-state index >= 15 is 0 Å². The van der Waals surface area contributed by atoms with Gasteiger partial charge in [-0.25, -0.2) is 0 Å². The molecule has 0 fully saturated rings. The van der Waals surface area contributed by atoms with Crippen LogP contribution in [0.5, 0.6) is 0 Å². The summed E-state index contributed by atoms with van der Waals surface area (Å²) in [5, 5.41) is 38.8. The maximum atomic E-state index is 10.9. The molecule has 0 spiro atoms. The van der Waals surface area contributed by atoms with Crippen molar-refractivity contribution in [2.75, 3.05) is 166 Å². The second kappa shape index (κ2) is 37.6. The van der Waals surface area contributed by atoms with E-state index in [9.17, 15) is 15.3 Å². The average molecular weight is 866 g/mol. The van der Waals surface area contributed by atoms with E-state index < -0.39 is 37.7 Å². The Kier molecular flexibility index (Phi) is 37.6. The van der Waals surface area contributed by atoms with Gasteiger partial charge < -0.3 is 63.9 Å². The highest BCUT2D eigenvalue weighted by Crippen LogP contribution is 2.49. The number of hydrogen-bond acceptors (Lipinski definition) is 17. The van der Waals surface area contributed by atoms with Crippen LogP contribution in [0.25, 0.3) is 0 Å². The summed E-state index contributed by atoms with van der Waals surface area (Å²) in [5.41, 5.74) is 5.96. The third kappa shape index (κ3) is 28.9. The van der Waals surface area contributed by atoms with Gasteiger partial charge in [-0.05, 0) is 25.2 Å². The van der Waals surface area contributed by atoms with Crippen LogP contribution in [0.3, 0.4) is 0 Å². The molecule has 0 aromatic rings. The summed E-state index contributed by atoms with van der Waals surface area (Å²) >= 11 is 0. The third-order valence-electron chi connectivity index (χ3n) is 9.76. The van der Waals surface area contributed by atoms with Crippen LogP contribution in [0.15, 0.2) is 0 Å². The zero-order valence-electron chi connectivity index (χ0n) is 37.1. The maximum absolute atomic E-state index is 10.9. The quantitative estimate of drug-likeness (QED) is 0.0378. The van der Waals surface area contributed by atoms with Crippen molar-refractivity contribution < 1.29 is 55.9 Å². The van der Waals surface area contributed by atoms with Gasteiger partial charge >= 0.3 is 8.80 Å². The normalized spacial score (nSPS) is 15.1. The summed E-state index contributed by atoms with van der Waals surface area (Å²) in [4.78, 5) is 4.37. The molecule has 19 heteroatoms. The van der Waals surface area contributed by atoms with E-state index in [0.717, 1.165) is 19.3 Å². The molecule has 57 heavy (non-hydrogen) atoms. The number of nitrogens with two attached hydrogens (primary N) is 1. The smallest absolute Gasteiger partial charge is 0.389 e. The van der Waals surface area contributed by atoms with E-state index in [4.69, 9.17) is 46.3 Å². The Morgan fingerprint density at radius 1 is 0.667 bits per heavy atom. The summed E-state index contributed by atoms with van der Waals surface area (Å²) in [7, 11) is 5.28. The minimum Gasteiger partial charge on any atom is -0.389 e. The SMILES string of the molecule is CCCCC(CC)COCC(O)CN(CCN)CCN(CCNCCNCC(O)COCCCS(COC)(OC)OC)CC(O)COCCC[Si](OC)(OC)OC. The number of methoxy groups -OCH3 is 1.